The first kappa shape index (κ1) is 15.0. The lowest BCUT2D eigenvalue weighted by atomic mass is 10.2. The Morgan fingerprint density at radius 1 is 1.40 bits per heavy atom. The third-order valence-electron chi connectivity index (χ3n) is 3.21. The van der Waals surface area contributed by atoms with Crippen LogP contribution in [-0.2, 0) is 10.0 Å². The lowest BCUT2D eigenvalue weighted by Crippen LogP contribution is -2.36. The fourth-order valence-corrected chi connectivity index (χ4v) is 3.45. The van der Waals surface area contributed by atoms with E-state index in [4.69, 9.17) is 5.73 Å². The molecular weight excluding hydrogens is 274 g/mol. The molecule has 5 nitrogen and oxygen atoms in total. The maximum absolute atomic E-state index is 12.2. The number of sulfonamides is 1. The van der Waals surface area contributed by atoms with Crippen LogP contribution in [0.3, 0.4) is 0 Å². The number of likely N-dealkylation sites (tertiary alicyclic amines) is 1. The number of hydrogen-bond donors (Lipinski definition) is 2. The molecule has 1 saturated heterocycles. The molecule has 20 heavy (non-hydrogen) atoms. The molecule has 1 atom stereocenters. The molecule has 0 spiro atoms. The van der Waals surface area contributed by atoms with Gasteiger partial charge in [0, 0.05) is 18.2 Å². The fraction of sp³-hybridized carbons (Fsp3) is 0.429. The van der Waals surface area contributed by atoms with Gasteiger partial charge >= 0.3 is 0 Å². The molecule has 1 aromatic carbocycles. The van der Waals surface area contributed by atoms with Gasteiger partial charge in [0.2, 0.25) is 10.0 Å². The van der Waals surface area contributed by atoms with Crippen molar-refractivity contribution in [3.8, 4) is 11.8 Å². The highest BCUT2D eigenvalue weighted by Gasteiger charge is 2.25. The number of nitrogens with zero attached hydrogens (tertiary/aromatic N) is 1. The summed E-state index contributed by atoms with van der Waals surface area (Å²) in [5.41, 5.74) is 6.05. The van der Waals surface area contributed by atoms with Crippen LogP contribution in [-0.4, -0.2) is 46.0 Å². The van der Waals surface area contributed by atoms with E-state index in [1.807, 2.05) is 7.05 Å². The molecule has 1 fully saturated rings. The molecule has 1 aromatic rings. The topological polar surface area (TPSA) is 75.4 Å². The van der Waals surface area contributed by atoms with E-state index in [1.165, 1.54) is 0 Å². The maximum Gasteiger partial charge on any atom is 0.240 e. The summed E-state index contributed by atoms with van der Waals surface area (Å²) in [5.74, 6) is 5.60. The van der Waals surface area contributed by atoms with Gasteiger partial charge in [0.1, 0.15) is 0 Å². The Morgan fingerprint density at radius 2 is 2.10 bits per heavy atom. The number of nitrogens with one attached hydrogen (secondary N) is 1. The lowest BCUT2D eigenvalue weighted by Gasteiger charge is -2.13. The minimum Gasteiger partial charge on any atom is -0.320 e. The van der Waals surface area contributed by atoms with Crippen molar-refractivity contribution in [1.82, 2.24) is 9.62 Å². The van der Waals surface area contributed by atoms with Crippen molar-refractivity contribution in [2.75, 3.05) is 26.7 Å². The Morgan fingerprint density at radius 3 is 2.65 bits per heavy atom. The first-order chi connectivity index (χ1) is 9.51. The molecule has 0 radical (unpaired) electrons. The highest BCUT2D eigenvalue weighted by atomic mass is 32.2. The first-order valence-electron chi connectivity index (χ1n) is 6.51. The normalized spacial score (nSPS) is 19.6. The minimum absolute atomic E-state index is 0.0123. The zero-order valence-electron chi connectivity index (χ0n) is 11.5. The monoisotopic (exact) mass is 293 g/mol. The molecule has 0 aliphatic carbocycles. The van der Waals surface area contributed by atoms with E-state index in [-0.39, 0.29) is 17.5 Å². The van der Waals surface area contributed by atoms with E-state index >= 15 is 0 Å². The van der Waals surface area contributed by atoms with Gasteiger partial charge in [0.05, 0.1) is 11.4 Å². The van der Waals surface area contributed by atoms with Crippen LogP contribution in [0.2, 0.25) is 0 Å². The van der Waals surface area contributed by atoms with E-state index in [2.05, 4.69) is 21.5 Å². The summed E-state index contributed by atoms with van der Waals surface area (Å²) < 4.78 is 27.2. The largest absolute Gasteiger partial charge is 0.320 e. The van der Waals surface area contributed by atoms with Crippen molar-refractivity contribution in [1.29, 1.82) is 0 Å². The van der Waals surface area contributed by atoms with Gasteiger partial charge in [0.25, 0.3) is 0 Å². The van der Waals surface area contributed by atoms with Gasteiger partial charge in [-0.15, -0.1) is 0 Å². The molecule has 3 N–H and O–H groups in total. The molecule has 108 valence electrons. The average Bonchev–Trinajstić information content (AvgIpc) is 2.81. The molecule has 1 unspecified atom stereocenters. The summed E-state index contributed by atoms with van der Waals surface area (Å²) >= 11 is 0. The highest BCUT2D eigenvalue weighted by Crippen LogP contribution is 2.14. The Labute approximate surface area is 120 Å². The second kappa shape index (κ2) is 6.37. The van der Waals surface area contributed by atoms with Crippen molar-refractivity contribution in [3.05, 3.63) is 29.8 Å². The van der Waals surface area contributed by atoms with E-state index in [9.17, 15) is 8.42 Å². The molecule has 1 aliphatic rings. The van der Waals surface area contributed by atoms with Gasteiger partial charge in [-0.05, 0) is 44.3 Å². The SMILES string of the molecule is CN1CCC(NS(=O)(=O)c2ccc(C#CCN)cc2)C1. The summed E-state index contributed by atoms with van der Waals surface area (Å²) in [6.07, 6.45) is 0.843. The van der Waals surface area contributed by atoms with Crippen LogP contribution in [0.5, 0.6) is 0 Å². The Balaban J connectivity index is 2.09. The molecule has 0 saturated carbocycles. The highest BCUT2D eigenvalue weighted by molar-refractivity contribution is 7.89. The molecule has 0 bridgehead atoms. The quantitative estimate of drug-likeness (QED) is 0.768. The van der Waals surface area contributed by atoms with Crippen LogP contribution in [0.25, 0.3) is 0 Å². The van der Waals surface area contributed by atoms with Crippen molar-refractivity contribution in [3.63, 3.8) is 0 Å². The standard InChI is InChI=1S/C14H19N3O2S/c1-17-10-8-13(11-17)16-20(18,19)14-6-4-12(5-7-14)3-2-9-15/h4-7,13,16H,8-11,15H2,1H3. The Hall–Kier alpha value is -1.39. The summed E-state index contributed by atoms with van der Waals surface area (Å²) in [5, 5.41) is 0. The summed E-state index contributed by atoms with van der Waals surface area (Å²) in [4.78, 5) is 2.38. The van der Waals surface area contributed by atoms with Crippen molar-refractivity contribution < 1.29 is 8.42 Å². The predicted octanol–water partition coefficient (Wildman–Crippen LogP) is -0.0208. The van der Waals surface area contributed by atoms with Gasteiger partial charge < -0.3 is 10.6 Å². The number of hydrogen-bond acceptors (Lipinski definition) is 4. The fourth-order valence-electron chi connectivity index (χ4n) is 2.19. The van der Waals surface area contributed by atoms with Crippen molar-refractivity contribution in [2.24, 2.45) is 5.73 Å². The lowest BCUT2D eigenvalue weighted by molar-refractivity contribution is 0.407. The van der Waals surface area contributed by atoms with Crippen LogP contribution in [0.1, 0.15) is 12.0 Å². The van der Waals surface area contributed by atoms with Gasteiger partial charge in [-0.1, -0.05) is 11.8 Å². The van der Waals surface area contributed by atoms with Crippen LogP contribution in [0.4, 0.5) is 0 Å². The second-order valence-electron chi connectivity index (χ2n) is 4.90. The zero-order valence-corrected chi connectivity index (χ0v) is 12.3. The second-order valence-corrected chi connectivity index (χ2v) is 6.61. The molecule has 2 rings (SSSR count). The summed E-state index contributed by atoms with van der Waals surface area (Å²) in [6, 6.07) is 6.51. The Kier molecular flexibility index (Phi) is 4.78. The molecule has 1 aliphatic heterocycles. The summed E-state index contributed by atoms with van der Waals surface area (Å²) in [6.45, 7) is 1.96. The Bertz CT molecular complexity index is 614. The van der Waals surface area contributed by atoms with E-state index in [0.717, 1.165) is 25.1 Å². The number of rotatable bonds is 3. The molecule has 0 amide bonds. The third-order valence-corrected chi connectivity index (χ3v) is 4.75. The van der Waals surface area contributed by atoms with Crippen LogP contribution < -0.4 is 10.5 Å². The van der Waals surface area contributed by atoms with Crippen LogP contribution in [0, 0.1) is 11.8 Å². The minimum atomic E-state index is -3.45. The average molecular weight is 293 g/mol. The van der Waals surface area contributed by atoms with E-state index in [0.29, 0.717) is 0 Å². The predicted molar refractivity (Wildman–Crippen MR) is 78.6 cm³/mol. The van der Waals surface area contributed by atoms with E-state index in [1.54, 1.807) is 24.3 Å². The smallest absolute Gasteiger partial charge is 0.240 e. The van der Waals surface area contributed by atoms with Crippen LogP contribution in [0.15, 0.2) is 29.2 Å². The third kappa shape index (κ3) is 3.81. The molecule has 6 heteroatoms. The first-order valence-corrected chi connectivity index (χ1v) is 7.99. The number of benzene rings is 1. The van der Waals surface area contributed by atoms with Crippen LogP contribution >= 0.6 is 0 Å². The number of nitrogens with two attached hydrogens (primary N) is 1. The van der Waals surface area contributed by atoms with Crippen molar-refractivity contribution in [2.45, 2.75) is 17.4 Å². The summed E-state index contributed by atoms with van der Waals surface area (Å²) in [7, 11) is -1.47. The molecular formula is C14H19N3O2S. The molecule has 0 aromatic heterocycles. The van der Waals surface area contributed by atoms with Gasteiger partial charge in [0.15, 0.2) is 0 Å². The van der Waals surface area contributed by atoms with Gasteiger partial charge in [-0.2, -0.15) is 0 Å². The maximum atomic E-state index is 12.2. The molecule has 1 heterocycles. The van der Waals surface area contributed by atoms with Gasteiger partial charge in [-0.3, -0.25) is 0 Å². The zero-order chi connectivity index (χ0) is 14.6. The van der Waals surface area contributed by atoms with Gasteiger partial charge in [-0.25, -0.2) is 13.1 Å². The van der Waals surface area contributed by atoms with E-state index < -0.39 is 10.0 Å². The van der Waals surface area contributed by atoms with Crippen molar-refractivity contribution >= 4 is 10.0 Å². The number of likely N-dealkylation sites (N-methyl/N-ethyl adjacent to an activating group) is 1.